The van der Waals surface area contributed by atoms with Crippen molar-refractivity contribution in [3.63, 3.8) is 0 Å². The molecule has 3 aromatic heterocycles. The minimum Gasteiger partial charge on any atom is -0.388 e. The molecule has 0 bridgehead atoms. The molecule has 0 aliphatic carbocycles. The molecule has 0 fully saturated rings. The molecule has 0 atom stereocenters. The van der Waals surface area contributed by atoms with E-state index in [4.69, 9.17) is 4.98 Å². The maximum Gasteiger partial charge on any atom is 0.329 e. The van der Waals surface area contributed by atoms with Crippen LogP contribution < -0.4 is 4.68 Å². The summed E-state index contributed by atoms with van der Waals surface area (Å²) in [6, 6.07) is 15.0. The number of hydrogen-bond donors (Lipinski definition) is 0. The quantitative estimate of drug-likeness (QED) is 0.389. The SMILES string of the molecule is C[C-]=C(c1[c-]cccn1)n1c2nc3ccccc3n2c(C)[n+]1C.[Y]. The summed E-state index contributed by atoms with van der Waals surface area (Å²) in [7, 11) is 2.01. The van der Waals surface area contributed by atoms with Gasteiger partial charge in [-0.3, -0.25) is 6.07 Å². The molecule has 0 saturated carbocycles. The number of benzene rings is 1. The van der Waals surface area contributed by atoms with E-state index in [1.165, 1.54) is 0 Å². The number of para-hydroxylation sites is 2. The van der Waals surface area contributed by atoms with Gasteiger partial charge < -0.3 is 11.1 Å². The van der Waals surface area contributed by atoms with Crippen molar-refractivity contribution in [2.24, 2.45) is 7.05 Å². The molecule has 0 aliphatic rings. The average molecular weight is 391 g/mol. The standard InChI is InChI=1S/C18H16N5.Y/c1-4-16(14-9-7-8-12-19-14)23-18-20-15-10-5-6-11-17(15)22(18)13(2)21(23)3;/h5-8,10-12H,1-3H3;/q-1;. The Bertz CT molecular complexity index is 1040. The van der Waals surface area contributed by atoms with Gasteiger partial charge in [0, 0.05) is 39.6 Å². The summed E-state index contributed by atoms with van der Waals surface area (Å²) < 4.78 is 6.23. The van der Waals surface area contributed by atoms with Gasteiger partial charge in [0.05, 0.1) is 0 Å². The van der Waals surface area contributed by atoms with Gasteiger partial charge in [-0.05, 0) is 12.1 Å². The Kier molecular flexibility index (Phi) is 4.65. The van der Waals surface area contributed by atoms with E-state index in [1.54, 1.807) is 6.20 Å². The second-order valence-corrected chi connectivity index (χ2v) is 5.35. The van der Waals surface area contributed by atoms with E-state index in [2.05, 4.69) is 39.2 Å². The topological polar surface area (TPSA) is 39.0 Å². The van der Waals surface area contributed by atoms with Gasteiger partial charge in [0.25, 0.3) is 5.82 Å². The van der Waals surface area contributed by atoms with Crippen molar-refractivity contribution in [3.05, 3.63) is 66.3 Å². The predicted octanol–water partition coefficient (Wildman–Crippen LogP) is 2.33. The smallest absolute Gasteiger partial charge is 0.329 e. The largest absolute Gasteiger partial charge is 0.388 e. The van der Waals surface area contributed by atoms with Gasteiger partial charge in [0.2, 0.25) is 0 Å². The van der Waals surface area contributed by atoms with E-state index >= 15 is 0 Å². The van der Waals surface area contributed by atoms with Crippen molar-refractivity contribution in [2.45, 2.75) is 13.8 Å². The van der Waals surface area contributed by atoms with E-state index in [0.29, 0.717) is 0 Å². The predicted molar refractivity (Wildman–Crippen MR) is 87.4 cm³/mol. The molecule has 24 heavy (non-hydrogen) atoms. The molecule has 0 spiro atoms. The summed E-state index contributed by atoms with van der Waals surface area (Å²) >= 11 is 0. The van der Waals surface area contributed by atoms with Crippen molar-refractivity contribution < 1.29 is 37.4 Å². The molecule has 0 unspecified atom stereocenters. The minimum absolute atomic E-state index is 0. The fourth-order valence-electron chi connectivity index (χ4n) is 2.93. The van der Waals surface area contributed by atoms with Crippen LogP contribution in [0.2, 0.25) is 0 Å². The van der Waals surface area contributed by atoms with E-state index in [0.717, 1.165) is 34.0 Å². The molecule has 0 aliphatic heterocycles. The Morgan fingerprint density at radius 3 is 2.75 bits per heavy atom. The van der Waals surface area contributed by atoms with Crippen LogP contribution in [0.15, 0.2) is 42.6 Å². The zero-order chi connectivity index (χ0) is 16.0. The number of rotatable bonds is 2. The summed E-state index contributed by atoms with van der Waals surface area (Å²) in [5.41, 5.74) is 3.65. The van der Waals surface area contributed by atoms with Gasteiger partial charge in [0.15, 0.2) is 5.52 Å². The number of hydrogen-bond acceptors (Lipinski definition) is 2. The Morgan fingerprint density at radius 2 is 2.04 bits per heavy atom. The van der Waals surface area contributed by atoms with Crippen LogP contribution in [0.4, 0.5) is 0 Å². The Labute approximate surface area is 165 Å². The van der Waals surface area contributed by atoms with Crippen molar-refractivity contribution in [2.75, 3.05) is 0 Å². The van der Waals surface area contributed by atoms with Crippen LogP contribution in [0.25, 0.3) is 22.5 Å². The fraction of sp³-hybridized carbons (Fsp3) is 0.167. The van der Waals surface area contributed by atoms with Gasteiger partial charge >= 0.3 is 5.78 Å². The molecule has 0 N–H and O–H groups in total. The monoisotopic (exact) mass is 391 g/mol. The van der Waals surface area contributed by atoms with Gasteiger partial charge in [-0.1, -0.05) is 18.3 Å². The molecular formula is C18H16N5Y-. The first-order chi connectivity index (χ1) is 11.2. The van der Waals surface area contributed by atoms with Crippen LogP contribution in [0.1, 0.15) is 18.4 Å². The van der Waals surface area contributed by atoms with Crippen LogP contribution >= 0.6 is 0 Å². The van der Waals surface area contributed by atoms with Crippen LogP contribution in [-0.2, 0) is 39.8 Å². The molecule has 0 saturated heterocycles. The number of fused-ring (bicyclic) bond motifs is 3. The Morgan fingerprint density at radius 1 is 1.25 bits per heavy atom. The molecule has 4 rings (SSSR count). The number of aromatic nitrogens is 5. The third-order valence-corrected chi connectivity index (χ3v) is 4.10. The summed E-state index contributed by atoms with van der Waals surface area (Å²) in [5, 5.41) is 0. The molecule has 117 valence electrons. The normalized spacial score (nSPS) is 11.9. The van der Waals surface area contributed by atoms with Crippen LogP contribution in [0, 0.1) is 19.1 Å². The number of nitrogens with zero attached hydrogens (tertiary/aromatic N) is 5. The molecule has 6 heteroatoms. The van der Waals surface area contributed by atoms with E-state index in [9.17, 15) is 0 Å². The van der Waals surface area contributed by atoms with Gasteiger partial charge in [-0.25, -0.2) is 4.68 Å². The van der Waals surface area contributed by atoms with Gasteiger partial charge in [-0.2, -0.15) is 31.5 Å². The maximum atomic E-state index is 4.79. The van der Waals surface area contributed by atoms with Crippen molar-refractivity contribution in [1.29, 1.82) is 0 Å². The molecule has 3 heterocycles. The van der Waals surface area contributed by atoms with Crippen LogP contribution in [0.3, 0.4) is 0 Å². The van der Waals surface area contributed by atoms with Crippen molar-refractivity contribution in [3.8, 4) is 0 Å². The molecule has 4 aromatic rings. The van der Waals surface area contributed by atoms with Crippen LogP contribution in [-0.4, -0.2) is 19.1 Å². The summed E-state index contributed by atoms with van der Waals surface area (Å²) in [6.07, 6.45) is 5.00. The Hall–Kier alpha value is -1.85. The van der Waals surface area contributed by atoms with E-state index in [1.807, 2.05) is 49.0 Å². The van der Waals surface area contributed by atoms with E-state index in [-0.39, 0.29) is 32.7 Å². The van der Waals surface area contributed by atoms with Crippen molar-refractivity contribution in [1.82, 2.24) is 19.1 Å². The maximum absolute atomic E-state index is 4.79. The third kappa shape index (κ3) is 2.43. The number of aryl methyl sites for hydroxylation is 1. The number of imidazole rings is 1. The number of allylic oxidation sites excluding steroid dienone is 1. The minimum atomic E-state index is 0. The molecular weight excluding hydrogens is 375 g/mol. The van der Waals surface area contributed by atoms with E-state index < -0.39 is 0 Å². The first kappa shape index (κ1) is 17.0. The second-order valence-electron chi connectivity index (χ2n) is 5.35. The zero-order valence-corrected chi connectivity index (χ0v) is 16.7. The van der Waals surface area contributed by atoms with Gasteiger partial charge in [-0.15, -0.1) is 13.0 Å². The first-order valence-electron chi connectivity index (χ1n) is 7.45. The fourth-order valence-corrected chi connectivity index (χ4v) is 2.93. The molecule has 1 aromatic carbocycles. The first-order valence-corrected chi connectivity index (χ1v) is 7.45. The average Bonchev–Trinajstić information content (AvgIpc) is 3.07. The Balaban J connectivity index is 0.00000169. The zero-order valence-electron chi connectivity index (χ0n) is 13.9. The summed E-state index contributed by atoms with van der Waals surface area (Å²) in [5.74, 6) is 1.92. The van der Waals surface area contributed by atoms with Crippen molar-refractivity contribution >= 4 is 22.5 Å². The number of pyridine rings is 1. The molecule has 0 amide bonds. The van der Waals surface area contributed by atoms with Gasteiger partial charge in [0.1, 0.15) is 12.6 Å². The summed E-state index contributed by atoms with van der Waals surface area (Å²) in [4.78, 5) is 9.20. The summed E-state index contributed by atoms with van der Waals surface area (Å²) in [6.45, 7) is 3.96. The van der Waals surface area contributed by atoms with Crippen LogP contribution in [0.5, 0.6) is 0 Å². The molecule has 1 radical (unpaired) electrons. The third-order valence-electron chi connectivity index (χ3n) is 4.10. The molecule has 5 nitrogen and oxygen atoms in total. The second kappa shape index (κ2) is 6.57.